The van der Waals surface area contributed by atoms with Crippen molar-refractivity contribution in [2.45, 2.75) is 38.5 Å². The first-order chi connectivity index (χ1) is 11.1. The van der Waals surface area contributed by atoms with Crippen LogP contribution in [0.1, 0.15) is 60.6 Å². The van der Waals surface area contributed by atoms with E-state index in [-0.39, 0.29) is 5.91 Å². The number of oxazole rings is 1. The summed E-state index contributed by atoms with van der Waals surface area (Å²) in [5.41, 5.74) is 3.54. The lowest BCUT2D eigenvalue weighted by Crippen LogP contribution is -2.12. The van der Waals surface area contributed by atoms with Crippen LogP contribution in [0.2, 0.25) is 0 Å². The molecular weight excluding hydrogens is 292 g/mol. The lowest BCUT2D eigenvalue weighted by molar-refractivity contribution is 0.102. The highest BCUT2D eigenvalue weighted by molar-refractivity contribution is 6.03. The van der Waals surface area contributed by atoms with Crippen molar-refractivity contribution in [1.82, 2.24) is 15.2 Å². The lowest BCUT2D eigenvalue weighted by Gasteiger charge is -2.02. The van der Waals surface area contributed by atoms with E-state index >= 15 is 0 Å². The molecule has 0 saturated heterocycles. The van der Waals surface area contributed by atoms with E-state index in [2.05, 4.69) is 20.5 Å². The van der Waals surface area contributed by atoms with Crippen LogP contribution in [-0.4, -0.2) is 21.1 Å². The fraction of sp³-hybridized carbons (Fsp3) is 0.353. The first kappa shape index (κ1) is 14.0. The number of nitrogens with zero attached hydrogens (tertiary/aromatic N) is 2. The van der Waals surface area contributed by atoms with E-state index < -0.39 is 0 Å². The summed E-state index contributed by atoms with van der Waals surface area (Å²) < 4.78 is 5.73. The largest absolute Gasteiger partial charge is 0.440 e. The van der Waals surface area contributed by atoms with Crippen molar-refractivity contribution in [3.8, 4) is 0 Å². The number of aromatic amines is 1. The SMILES string of the molecule is CC(C)c1cc(C(=O)Nc2ccc3oc(C4CC4)nc3c2)n[nH]1. The van der Waals surface area contributed by atoms with Gasteiger partial charge in [0, 0.05) is 17.3 Å². The normalized spacial score (nSPS) is 14.6. The third-order valence-corrected chi connectivity index (χ3v) is 4.04. The number of aromatic nitrogens is 3. The first-order valence-corrected chi connectivity index (χ1v) is 7.87. The van der Waals surface area contributed by atoms with Crippen molar-refractivity contribution in [3.05, 3.63) is 41.5 Å². The van der Waals surface area contributed by atoms with Gasteiger partial charge in [0.05, 0.1) is 0 Å². The van der Waals surface area contributed by atoms with Crippen LogP contribution in [0.25, 0.3) is 11.1 Å². The molecule has 6 nitrogen and oxygen atoms in total. The quantitative estimate of drug-likeness (QED) is 0.767. The molecule has 1 aliphatic rings. The average molecular weight is 310 g/mol. The van der Waals surface area contributed by atoms with Gasteiger partial charge < -0.3 is 9.73 Å². The molecule has 1 fully saturated rings. The molecule has 2 aromatic heterocycles. The number of carbonyl (C=O) groups is 1. The third-order valence-electron chi connectivity index (χ3n) is 4.04. The van der Waals surface area contributed by atoms with E-state index in [1.54, 1.807) is 6.07 Å². The molecule has 0 unspecified atom stereocenters. The predicted molar refractivity (Wildman–Crippen MR) is 86.6 cm³/mol. The summed E-state index contributed by atoms with van der Waals surface area (Å²) in [6.45, 7) is 4.09. The first-order valence-electron chi connectivity index (χ1n) is 7.87. The molecule has 0 aliphatic heterocycles. The summed E-state index contributed by atoms with van der Waals surface area (Å²) in [4.78, 5) is 16.8. The molecule has 1 aliphatic carbocycles. The van der Waals surface area contributed by atoms with Crippen molar-refractivity contribution in [2.24, 2.45) is 0 Å². The molecule has 2 heterocycles. The zero-order valence-electron chi connectivity index (χ0n) is 13.1. The number of H-pyrrole nitrogens is 1. The molecule has 1 amide bonds. The predicted octanol–water partition coefficient (Wildman–Crippen LogP) is 3.80. The van der Waals surface area contributed by atoms with Gasteiger partial charge in [0.15, 0.2) is 17.2 Å². The lowest BCUT2D eigenvalue weighted by atomic mass is 10.1. The van der Waals surface area contributed by atoms with Crippen LogP contribution in [0, 0.1) is 0 Å². The average Bonchev–Trinajstić information content (AvgIpc) is 3.10. The second kappa shape index (κ2) is 5.22. The molecular formula is C17H18N4O2. The number of fused-ring (bicyclic) bond motifs is 1. The Kier molecular flexibility index (Phi) is 3.18. The number of nitrogens with one attached hydrogen (secondary N) is 2. The van der Waals surface area contributed by atoms with Gasteiger partial charge in [0.1, 0.15) is 5.52 Å². The number of carbonyl (C=O) groups excluding carboxylic acids is 1. The van der Waals surface area contributed by atoms with Gasteiger partial charge in [0.2, 0.25) is 0 Å². The van der Waals surface area contributed by atoms with E-state index in [0.717, 1.165) is 35.5 Å². The van der Waals surface area contributed by atoms with Crippen LogP contribution in [0.5, 0.6) is 0 Å². The molecule has 0 spiro atoms. The van der Waals surface area contributed by atoms with Gasteiger partial charge in [-0.1, -0.05) is 13.8 Å². The standard InChI is InChI=1S/C17H18N4O2/c1-9(2)12-8-14(21-20-12)16(22)18-11-5-6-15-13(7-11)19-17(23-15)10-3-4-10/h5-10H,3-4H2,1-2H3,(H,18,22)(H,20,21). The van der Waals surface area contributed by atoms with Crippen LogP contribution in [0.15, 0.2) is 28.7 Å². The molecule has 0 atom stereocenters. The summed E-state index contributed by atoms with van der Waals surface area (Å²) >= 11 is 0. The molecule has 0 bridgehead atoms. The second-order valence-corrected chi connectivity index (χ2v) is 6.33. The maximum Gasteiger partial charge on any atom is 0.276 e. The van der Waals surface area contributed by atoms with E-state index in [9.17, 15) is 4.79 Å². The fourth-order valence-electron chi connectivity index (χ4n) is 2.47. The third kappa shape index (κ3) is 2.72. The molecule has 2 N–H and O–H groups in total. The van der Waals surface area contributed by atoms with Crippen molar-refractivity contribution >= 4 is 22.7 Å². The van der Waals surface area contributed by atoms with Crippen LogP contribution in [0.3, 0.4) is 0 Å². The number of benzene rings is 1. The van der Waals surface area contributed by atoms with Gasteiger partial charge in [0.25, 0.3) is 5.91 Å². The highest BCUT2D eigenvalue weighted by atomic mass is 16.3. The summed E-state index contributed by atoms with van der Waals surface area (Å²) in [6.07, 6.45) is 2.29. The zero-order valence-corrected chi connectivity index (χ0v) is 13.1. The Morgan fingerprint density at radius 3 is 2.87 bits per heavy atom. The summed E-state index contributed by atoms with van der Waals surface area (Å²) in [7, 11) is 0. The topological polar surface area (TPSA) is 83.8 Å². The number of hydrogen-bond acceptors (Lipinski definition) is 4. The molecule has 1 saturated carbocycles. The Balaban J connectivity index is 1.55. The minimum atomic E-state index is -0.238. The second-order valence-electron chi connectivity index (χ2n) is 6.33. The Morgan fingerprint density at radius 1 is 1.35 bits per heavy atom. The van der Waals surface area contributed by atoms with Gasteiger partial charge >= 0.3 is 0 Å². The minimum absolute atomic E-state index is 0.238. The van der Waals surface area contributed by atoms with Crippen LogP contribution in [-0.2, 0) is 0 Å². The van der Waals surface area contributed by atoms with Crippen molar-refractivity contribution in [1.29, 1.82) is 0 Å². The molecule has 23 heavy (non-hydrogen) atoms. The number of amides is 1. The maximum absolute atomic E-state index is 12.3. The molecule has 6 heteroatoms. The molecule has 3 aromatic rings. The van der Waals surface area contributed by atoms with E-state index in [1.807, 2.05) is 32.0 Å². The van der Waals surface area contributed by atoms with Gasteiger partial charge in [-0.25, -0.2) is 4.98 Å². The van der Waals surface area contributed by atoms with E-state index in [1.165, 1.54) is 0 Å². The highest BCUT2D eigenvalue weighted by Gasteiger charge is 2.28. The van der Waals surface area contributed by atoms with Gasteiger partial charge in [-0.2, -0.15) is 5.10 Å². The molecule has 0 radical (unpaired) electrons. The number of anilines is 1. The zero-order chi connectivity index (χ0) is 16.0. The number of hydrogen-bond donors (Lipinski definition) is 2. The van der Waals surface area contributed by atoms with E-state index in [0.29, 0.717) is 23.2 Å². The monoisotopic (exact) mass is 310 g/mol. The Bertz CT molecular complexity index is 874. The van der Waals surface area contributed by atoms with Crippen molar-refractivity contribution in [3.63, 3.8) is 0 Å². The summed E-state index contributed by atoms with van der Waals surface area (Å²) in [5, 5.41) is 9.80. The smallest absolute Gasteiger partial charge is 0.276 e. The minimum Gasteiger partial charge on any atom is -0.440 e. The van der Waals surface area contributed by atoms with Crippen LogP contribution < -0.4 is 5.32 Å². The molecule has 1 aromatic carbocycles. The van der Waals surface area contributed by atoms with Crippen molar-refractivity contribution in [2.75, 3.05) is 5.32 Å². The summed E-state index contributed by atoms with van der Waals surface area (Å²) in [5.74, 6) is 1.34. The van der Waals surface area contributed by atoms with Gasteiger partial charge in [-0.3, -0.25) is 9.89 Å². The van der Waals surface area contributed by atoms with Gasteiger partial charge in [-0.15, -0.1) is 0 Å². The summed E-state index contributed by atoms with van der Waals surface area (Å²) in [6, 6.07) is 7.27. The van der Waals surface area contributed by atoms with Gasteiger partial charge in [-0.05, 0) is 43.0 Å². The van der Waals surface area contributed by atoms with Crippen molar-refractivity contribution < 1.29 is 9.21 Å². The fourth-order valence-corrected chi connectivity index (χ4v) is 2.47. The Hall–Kier alpha value is -2.63. The van der Waals surface area contributed by atoms with Crippen LogP contribution in [0.4, 0.5) is 5.69 Å². The molecule has 118 valence electrons. The highest BCUT2D eigenvalue weighted by Crippen LogP contribution is 2.40. The Morgan fingerprint density at radius 2 is 2.17 bits per heavy atom. The van der Waals surface area contributed by atoms with E-state index in [4.69, 9.17) is 4.42 Å². The Labute approximate surface area is 133 Å². The number of rotatable bonds is 4. The van der Waals surface area contributed by atoms with Crippen LogP contribution >= 0.6 is 0 Å². The maximum atomic E-state index is 12.3. The molecule has 4 rings (SSSR count).